The monoisotopic (exact) mass is 357 g/mol. The predicted molar refractivity (Wildman–Crippen MR) is 87.2 cm³/mol. The van der Waals surface area contributed by atoms with E-state index in [0.29, 0.717) is 16.5 Å². The molecule has 1 aliphatic rings. The van der Waals surface area contributed by atoms with Crippen LogP contribution < -0.4 is 0 Å². The molecule has 1 aromatic rings. The van der Waals surface area contributed by atoms with E-state index in [9.17, 15) is 4.79 Å². The van der Waals surface area contributed by atoms with E-state index in [2.05, 4.69) is 29.8 Å². The zero-order valence-electron chi connectivity index (χ0n) is 12.0. The Balaban J connectivity index is 2.07. The summed E-state index contributed by atoms with van der Waals surface area (Å²) in [6, 6.07) is 5.39. The van der Waals surface area contributed by atoms with Crippen LogP contribution in [-0.2, 0) is 0 Å². The molecule has 1 fully saturated rings. The van der Waals surface area contributed by atoms with Crippen molar-refractivity contribution in [3.05, 3.63) is 33.3 Å². The van der Waals surface area contributed by atoms with Crippen LogP contribution in [0.4, 0.5) is 0 Å². The molecule has 20 heavy (non-hydrogen) atoms. The van der Waals surface area contributed by atoms with Crippen LogP contribution >= 0.6 is 27.5 Å². The summed E-state index contributed by atoms with van der Waals surface area (Å²) in [5.41, 5.74) is 0.712. The van der Waals surface area contributed by atoms with Crippen molar-refractivity contribution in [3.8, 4) is 0 Å². The first kappa shape index (κ1) is 15.8. The molecule has 1 saturated heterocycles. The van der Waals surface area contributed by atoms with E-state index in [1.165, 1.54) is 6.42 Å². The summed E-state index contributed by atoms with van der Waals surface area (Å²) in [5.74, 6) is 1.56. The molecule has 0 saturated carbocycles. The van der Waals surface area contributed by atoms with Gasteiger partial charge in [0.2, 0.25) is 0 Å². The molecule has 1 aromatic carbocycles. The number of halogens is 2. The molecule has 2 rings (SSSR count). The van der Waals surface area contributed by atoms with Crippen LogP contribution in [0.1, 0.15) is 43.5 Å². The van der Waals surface area contributed by atoms with E-state index < -0.39 is 0 Å². The van der Waals surface area contributed by atoms with Gasteiger partial charge in [-0.25, -0.2) is 0 Å². The molecule has 0 aliphatic carbocycles. The smallest absolute Gasteiger partial charge is 0.253 e. The number of hydrogen-bond acceptors (Lipinski definition) is 1. The van der Waals surface area contributed by atoms with Gasteiger partial charge >= 0.3 is 0 Å². The van der Waals surface area contributed by atoms with E-state index in [4.69, 9.17) is 11.6 Å². The SMILES string of the molecule is CC(C)C1CCCN(C(=O)c2ccc(Cl)c(Br)c2)CC1. The van der Waals surface area contributed by atoms with Gasteiger partial charge < -0.3 is 4.90 Å². The standard InChI is InChI=1S/C16H21BrClNO/c1-11(2)12-4-3-8-19(9-7-12)16(20)13-5-6-15(18)14(17)10-13/h5-6,10-12H,3-4,7-9H2,1-2H3. The van der Waals surface area contributed by atoms with Crippen molar-refractivity contribution >= 4 is 33.4 Å². The molecular formula is C16H21BrClNO. The third kappa shape index (κ3) is 3.76. The Bertz CT molecular complexity index is 489. The van der Waals surface area contributed by atoms with E-state index in [-0.39, 0.29) is 5.91 Å². The molecule has 4 heteroatoms. The second-order valence-corrected chi connectivity index (χ2v) is 7.12. The molecule has 1 amide bonds. The van der Waals surface area contributed by atoms with Crippen molar-refractivity contribution in [2.45, 2.75) is 33.1 Å². The summed E-state index contributed by atoms with van der Waals surface area (Å²) in [7, 11) is 0. The lowest BCUT2D eigenvalue weighted by Gasteiger charge is -2.22. The molecular weight excluding hydrogens is 338 g/mol. The lowest BCUT2D eigenvalue weighted by Crippen LogP contribution is -2.32. The Kier molecular flexibility index (Phi) is 5.50. The summed E-state index contributed by atoms with van der Waals surface area (Å²) in [4.78, 5) is 14.5. The topological polar surface area (TPSA) is 20.3 Å². The molecule has 0 aromatic heterocycles. The maximum atomic E-state index is 12.6. The third-order valence-electron chi connectivity index (χ3n) is 4.17. The zero-order valence-corrected chi connectivity index (χ0v) is 14.4. The number of amides is 1. The Morgan fingerprint density at radius 2 is 2.10 bits per heavy atom. The van der Waals surface area contributed by atoms with Crippen LogP contribution in [0.2, 0.25) is 5.02 Å². The molecule has 0 bridgehead atoms. The Morgan fingerprint density at radius 3 is 2.75 bits per heavy atom. The predicted octanol–water partition coefficient (Wildman–Crippen LogP) is 5.00. The molecule has 2 nitrogen and oxygen atoms in total. The Hall–Kier alpha value is -0.540. The van der Waals surface area contributed by atoms with Gasteiger partial charge in [0.05, 0.1) is 5.02 Å². The summed E-state index contributed by atoms with van der Waals surface area (Å²) >= 11 is 9.36. The first-order valence-corrected chi connectivity index (χ1v) is 8.40. The van der Waals surface area contributed by atoms with Crippen LogP contribution in [0.25, 0.3) is 0 Å². The molecule has 1 heterocycles. The van der Waals surface area contributed by atoms with Crippen molar-refractivity contribution in [2.24, 2.45) is 11.8 Å². The van der Waals surface area contributed by atoms with Crippen molar-refractivity contribution in [2.75, 3.05) is 13.1 Å². The average molecular weight is 359 g/mol. The van der Waals surface area contributed by atoms with E-state index >= 15 is 0 Å². The van der Waals surface area contributed by atoms with Crippen LogP contribution in [0, 0.1) is 11.8 Å². The van der Waals surface area contributed by atoms with E-state index in [1.54, 1.807) is 12.1 Å². The molecule has 1 atom stereocenters. The maximum Gasteiger partial charge on any atom is 0.253 e. The van der Waals surface area contributed by atoms with Gasteiger partial charge in [-0.05, 0) is 65.2 Å². The Labute approximate surface area is 134 Å². The van der Waals surface area contributed by atoms with E-state index in [0.717, 1.165) is 36.3 Å². The summed E-state index contributed by atoms with van der Waals surface area (Å²) in [6.45, 7) is 6.28. The average Bonchev–Trinajstić information content (AvgIpc) is 2.67. The summed E-state index contributed by atoms with van der Waals surface area (Å²) in [6.07, 6.45) is 3.44. The number of likely N-dealkylation sites (tertiary alicyclic amines) is 1. The van der Waals surface area contributed by atoms with Gasteiger partial charge in [0.1, 0.15) is 0 Å². The summed E-state index contributed by atoms with van der Waals surface area (Å²) < 4.78 is 0.778. The highest BCUT2D eigenvalue weighted by Gasteiger charge is 2.23. The van der Waals surface area contributed by atoms with Gasteiger partial charge in [-0.3, -0.25) is 4.79 Å². The highest BCUT2D eigenvalue weighted by atomic mass is 79.9. The lowest BCUT2D eigenvalue weighted by molar-refractivity contribution is 0.0758. The molecule has 0 N–H and O–H groups in total. The number of carbonyl (C=O) groups is 1. The first-order valence-electron chi connectivity index (χ1n) is 7.23. The number of hydrogen-bond donors (Lipinski definition) is 0. The highest BCUT2D eigenvalue weighted by molar-refractivity contribution is 9.10. The number of nitrogens with zero attached hydrogens (tertiary/aromatic N) is 1. The minimum atomic E-state index is 0.117. The van der Waals surface area contributed by atoms with Gasteiger partial charge in [-0.15, -0.1) is 0 Å². The maximum absolute atomic E-state index is 12.6. The fourth-order valence-corrected chi connectivity index (χ4v) is 3.30. The molecule has 110 valence electrons. The summed E-state index contributed by atoms with van der Waals surface area (Å²) in [5, 5.41) is 0.636. The molecule has 0 spiro atoms. The van der Waals surface area contributed by atoms with Crippen LogP contribution in [0.3, 0.4) is 0 Å². The zero-order chi connectivity index (χ0) is 14.7. The van der Waals surface area contributed by atoms with Crippen LogP contribution in [-0.4, -0.2) is 23.9 Å². The van der Waals surface area contributed by atoms with Gasteiger partial charge in [0.25, 0.3) is 5.91 Å². The van der Waals surface area contributed by atoms with Crippen molar-refractivity contribution in [1.29, 1.82) is 0 Å². The van der Waals surface area contributed by atoms with Gasteiger partial charge in [0, 0.05) is 23.1 Å². The van der Waals surface area contributed by atoms with Gasteiger partial charge in [0.15, 0.2) is 0 Å². The number of benzene rings is 1. The lowest BCUT2D eigenvalue weighted by atomic mass is 9.89. The Morgan fingerprint density at radius 1 is 1.35 bits per heavy atom. The fraction of sp³-hybridized carbons (Fsp3) is 0.562. The van der Waals surface area contributed by atoms with Crippen molar-refractivity contribution in [1.82, 2.24) is 4.90 Å². The molecule has 1 aliphatic heterocycles. The molecule has 1 unspecified atom stereocenters. The van der Waals surface area contributed by atoms with Gasteiger partial charge in [-0.1, -0.05) is 25.4 Å². The normalized spacial score (nSPS) is 20.1. The molecule has 0 radical (unpaired) electrons. The number of carbonyl (C=O) groups excluding carboxylic acids is 1. The largest absolute Gasteiger partial charge is 0.339 e. The van der Waals surface area contributed by atoms with E-state index in [1.807, 2.05) is 11.0 Å². The van der Waals surface area contributed by atoms with Gasteiger partial charge in [-0.2, -0.15) is 0 Å². The van der Waals surface area contributed by atoms with Crippen LogP contribution in [0.15, 0.2) is 22.7 Å². The highest BCUT2D eigenvalue weighted by Crippen LogP contribution is 2.27. The first-order chi connectivity index (χ1) is 9.49. The van der Waals surface area contributed by atoms with Crippen molar-refractivity contribution < 1.29 is 4.79 Å². The van der Waals surface area contributed by atoms with Crippen molar-refractivity contribution in [3.63, 3.8) is 0 Å². The fourth-order valence-electron chi connectivity index (χ4n) is 2.80. The minimum Gasteiger partial charge on any atom is -0.339 e. The third-order valence-corrected chi connectivity index (χ3v) is 5.38. The minimum absolute atomic E-state index is 0.117. The second-order valence-electron chi connectivity index (χ2n) is 5.86. The quantitative estimate of drug-likeness (QED) is 0.728. The van der Waals surface area contributed by atoms with Crippen LogP contribution in [0.5, 0.6) is 0 Å². The second kappa shape index (κ2) is 6.95. The number of rotatable bonds is 2.